The number of aliphatic hydroxyl groups excluding tert-OH is 1. The lowest BCUT2D eigenvalue weighted by Gasteiger charge is -2.22. The highest BCUT2D eigenvalue weighted by Crippen LogP contribution is 2.28. The van der Waals surface area contributed by atoms with E-state index in [2.05, 4.69) is 15.9 Å². The van der Waals surface area contributed by atoms with Crippen molar-refractivity contribution in [2.45, 2.75) is 57.5 Å². The van der Waals surface area contributed by atoms with Crippen molar-refractivity contribution in [1.82, 2.24) is 0 Å². The summed E-state index contributed by atoms with van der Waals surface area (Å²) in [7, 11) is 0. The van der Waals surface area contributed by atoms with Gasteiger partial charge in [0.25, 0.3) is 0 Å². The molecule has 19 heavy (non-hydrogen) atoms. The normalized spacial score (nSPS) is 18.5. The van der Waals surface area contributed by atoms with Gasteiger partial charge in [0.15, 0.2) is 0 Å². The highest BCUT2D eigenvalue weighted by Gasteiger charge is 2.16. The minimum absolute atomic E-state index is 0.222. The quantitative estimate of drug-likeness (QED) is 0.818. The smallest absolute Gasteiger partial charge is 0.126 e. The zero-order valence-corrected chi connectivity index (χ0v) is 12.8. The highest BCUT2D eigenvalue weighted by molar-refractivity contribution is 9.10. The van der Waals surface area contributed by atoms with Crippen molar-refractivity contribution in [3.05, 3.63) is 34.1 Å². The molecule has 0 radical (unpaired) electrons. The number of hydrogen-bond donors (Lipinski definition) is 1. The Morgan fingerprint density at radius 1 is 1.26 bits per heavy atom. The molecule has 1 aromatic rings. The lowest BCUT2D eigenvalue weighted by Crippen LogP contribution is -2.15. The van der Waals surface area contributed by atoms with Gasteiger partial charge in [-0.25, -0.2) is 4.39 Å². The summed E-state index contributed by atoms with van der Waals surface area (Å²) >= 11 is 3.34. The Morgan fingerprint density at radius 2 is 2.00 bits per heavy atom. The first kappa shape index (κ1) is 15.0. The van der Waals surface area contributed by atoms with Crippen molar-refractivity contribution in [3.8, 4) is 0 Å². The van der Waals surface area contributed by atoms with Crippen LogP contribution < -0.4 is 0 Å². The third kappa shape index (κ3) is 4.88. The molecule has 0 aliphatic heterocycles. The van der Waals surface area contributed by atoms with Gasteiger partial charge in [-0.2, -0.15) is 0 Å². The second-order valence-corrected chi connectivity index (χ2v) is 6.59. The first-order valence-electron chi connectivity index (χ1n) is 7.27. The maximum atomic E-state index is 13.6. The molecule has 1 fully saturated rings. The summed E-state index contributed by atoms with van der Waals surface area (Å²) in [4.78, 5) is 0. The molecule has 0 aromatic heterocycles. The van der Waals surface area contributed by atoms with Crippen LogP contribution in [0, 0.1) is 11.7 Å². The predicted molar refractivity (Wildman–Crippen MR) is 79.6 cm³/mol. The molecule has 0 bridgehead atoms. The molecule has 0 spiro atoms. The molecule has 1 aliphatic rings. The van der Waals surface area contributed by atoms with Crippen molar-refractivity contribution in [2.24, 2.45) is 5.92 Å². The van der Waals surface area contributed by atoms with E-state index >= 15 is 0 Å². The molecule has 2 rings (SSSR count). The molecule has 1 N–H and O–H groups in total. The summed E-state index contributed by atoms with van der Waals surface area (Å²) in [6, 6.07) is 4.90. The SMILES string of the molecule is OC(CCC1CCCCC1)Cc1cc(Br)ccc1F. The van der Waals surface area contributed by atoms with E-state index in [-0.39, 0.29) is 5.82 Å². The van der Waals surface area contributed by atoms with Gasteiger partial charge in [0.05, 0.1) is 6.10 Å². The van der Waals surface area contributed by atoms with Crippen LogP contribution in [0.1, 0.15) is 50.5 Å². The van der Waals surface area contributed by atoms with Gasteiger partial charge in [0, 0.05) is 10.9 Å². The van der Waals surface area contributed by atoms with E-state index < -0.39 is 6.10 Å². The molecule has 1 unspecified atom stereocenters. The summed E-state index contributed by atoms with van der Waals surface area (Å²) in [5.74, 6) is 0.552. The summed E-state index contributed by atoms with van der Waals surface area (Å²) in [6.45, 7) is 0. The number of halogens is 2. The van der Waals surface area contributed by atoms with Crippen LogP contribution in [-0.4, -0.2) is 11.2 Å². The van der Waals surface area contributed by atoms with Crippen LogP contribution in [0.4, 0.5) is 4.39 Å². The van der Waals surface area contributed by atoms with Gasteiger partial charge in [-0.05, 0) is 42.5 Å². The molecule has 1 nitrogen and oxygen atoms in total. The molecule has 1 aliphatic carbocycles. The standard InChI is InChI=1S/C16H22BrFO/c17-14-7-9-16(18)13(10-14)11-15(19)8-6-12-4-2-1-3-5-12/h7,9-10,12,15,19H,1-6,8,11H2. The molecular formula is C16H22BrFO. The van der Waals surface area contributed by atoms with Crippen molar-refractivity contribution < 1.29 is 9.50 Å². The van der Waals surface area contributed by atoms with Crippen LogP contribution in [-0.2, 0) is 6.42 Å². The summed E-state index contributed by atoms with van der Waals surface area (Å²) in [5, 5.41) is 10.1. The second-order valence-electron chi connectivity index (χ2n) is 5.68. The van der Waals surface area contributed by atoms with Gasteiger partial charge in [0.2, 0.25) is 0 Å². The molecule has 0 saturated heterocycles. The zero-order valence-electron chi connectivity index (χ0n) is 11.2. The van der Waals surface area contributed by atoms with Crippen molar-refractivity contribution in [1.29, 1.82) is 0 Å². The Labute approximate surface area is 123 Å². The highest BCUT2D eigenvalue weighted by atomic mass is 79.9. The summed E-state index contributed by atoms with van der Waals surface area (Å²) < 4.78 is 14.5. The predicted octanol–water partition coefficient (Wildman–Crippen LogP) is 4.85. The molecule has 1 saturated carbocycles. The van der Waals surface area contributed by atoms with E-state index in [1.54, 1.807) is 12.1 Å². The Morgan fingerprint density at radius 3 is 2.74 bits per heavy atom. The summed E-state index contributed by atoms with van der Waals surface area (Å²) in [5.41, 5.74) is 0.602. The van der Waals surface area contributed by atoms with Crippen LogP contribution >= 0.6 is 15.9 Å². The van der Waals surface area contributed by atoms with E-state index in [1.165, 1.54) is 38.2 Å². The molecule has 1 atom stereocenters. The second kappa shape index (κ2) is 7.39. The molecule has 0 amide bonds. The van der Waals surface area contributed by atoms with Gasteiger partial charge in [0.1, 0.15) is 5.82 Å². The van der Waals surface area contributed by atoms with Crippen LogP contribution in [0.5, 0.6) is 0 Å². The fraction of sp³-hybridized carbons (Fsp3) is 0.625. The maximum Gasteiger partial charge on any atom is 0.126 e. The Hall–Kier alpha value is -0.410. The number of aliphatic hydroxyl groups is 1. The van der Waals surface area contributed by atoms with E-state index in [0.29, 0.717) is 12.0 Å². The average Bonchev–Trinajstić information content (AvgIpc) is 2.42. The van der Waals surface area contributed by atoms with Crippen molar-refractivity contribution in [2.75, 3.05) is 0 Å². The van der Waals surface area contributed by atoms with Crippen LogP contribution in [0.3, 0.4) is 0 Å². The molecule has 0 heterocycles. The van der Waals surface area contributed by atoms with E-state index in [9.17, 15) is 9.50 Å². The maximum absolute atomic E-state index is 13.6. The Balaban J connectivity index is 1.80. The largest absolute Gasteiger partial charge is 0.393 e. The third-order valence-electron chi connectivity index (χ3n) is 4.10. The molecular weight excluding hydrogens is 307 g/mol. The Bertz CT molecular complexity index is 402. The number of benzene rings is 1. The van der Waals surface area contributed by atoms with Gasteiger partial charge in [-0.1, -0.05) is 48.0 Å². The zero-order chi connectivity index (χ0) is 13.7. The van der Waals surface area contributed by atoms with Crippen molar-refractivity contribution >= 4 is 15.9 Å². The number of rotatable bonds is 5. The van der Waals surface area contributed by atoms with Crippen molar-refractivity contribution in [3.63, 3.8) is 0 Å². The number of hydrogen-bond acceptors (Lipinski definition) is 1. The molecule has 1 aromatic carbocycles. The van der Waals surface area contributed by atoms with Gasteiger partial charge < -0.3 is 5.11 Å². The minimum Gasteiger partial charge on any atom is -0.393 e. The molecule has 3 heteroatoms. The minimum atomic E-state index is -0.425. The lowest BCUT2D eigenvalue weighted by atomic mass is 9.85. The van der Waals surface area contributed by atoms with E-state index in [0.717, 1.165) is 23.2 Å². The topological polar surface area (TPSA) is 20.2 Å². The fourth-order valence-electron chi connectivity index (χ4n) is 2.96. The van der Waals surface area contributed by atoms with E-state index in [1.807, 2.05) is 0 Å². The lowest BCUT2D eigenvalue weighted by molar-refractivity contribution is 0.148. The first-order chi connectivity index (χ1) is 9.15. The summed E-state index contributed by atoms with van der Waals surface area (Å²) in [6.07, 6.45) is 8.50. The van der Waals surface area contributed by atoms with Crippen LogP contribution in [0.2, 0.25) is 0 Å². The Kier molecular flexibility index (Phi) is 5.83. The van der Waals surface area contributed by atoms with Crippen LogP contribution in [0.25, 0.3) is 0 Å². The average molecular weight is 329 g/mol. The molecule has 106 valence electrons. The van der Waals surface area contributed by atoms with Gasteiger partial charge in [-0.3, -0.25) is 0 Å². The van der Waals surface area contributed by atoms with Gasteiger partial charge in [-0.15, -0.1) is 0 Å². The van der Waals surface area contributed by atoms with Crippen LogP contribution in [0.15, 0.2) is 22.7 Å². The van der Waals surface area contributed by atoms with Gasteiger partial charge >= 0.3 is 0 Å². The third-order valence-corrected chi connectivity index (χ3v) is 4.59. The monoisotopic (exact) mass is 328 g/mol. The van der Waals surface area contributed by atoms with E-state index in [4.69, 9.17) is 0 Å². The fourth-order valence-corrected chi connectivity index (χ4v) is 3.37. The first-order valence-corrected chi connectivity index (χ1v) is 8.06.